The van der Waals surface area contributed by atoms with Gasteiger partial charge in [0.2, 0.25) is 5.91 Å². The summed E-state index contributed by atoms with van der Waals surface area (Å²) in [5.41, 5.74) is 0.531. The number of anilines is 1. The lowest BCUT2D eigenvalue weighted by atomic mass is 10.2. The molecular formula is C11H10FNO3S. The predicted molar refractivity (Wildman–Crippen MR) is 62.6 cm³/mol. The average molecular weight is 255 g/mol. The number of thioether (sulfide) groups is 1. The fourth-order valence-corrected chi connectivity index (χ4v) is 2.49. The summed E-state index contributed by atoms with van der Waals surface area (Å²) in [4.78, 5) is 23.9. The van der Waals surface area contributed by atoms with Gasteiger partial charge in [-0.1, -0.05) is 0 Å². The van der Waals surface area contributed by atoms with Crippen LogP contribution in [0.3, 0.4) is 0 Å². The standard InChI is InChI=1S/C11H10FNO3S/c12-7-1-3-8(4-2-7)13-5-9(11(15)16)17-6-10(13)14/h1-4,9H,5-6H2,(H,15,16). The number of nitrogens with zero attached hydrogens (tertiary/aromatic N) is 1. The van der Waals surface area contributed by atoms with Crippen molar-refractivity contribution in [2.75, 3.05) is 17.2 Å². The molecule has 1 fully saturated rings. The Hall–Kier alpha value is -1.56. The number of aliphatic carboxylic acids is 1. The van der Waals surface area contributed by atoms with Crippen molar-refractivity contribution in [2.24, 2.45) is 0 Å². The Labute approximate surface area is 101 Å². The van der Waals surface area contributed by atoms with Gasteiger partial charge in [0, 0.05) is 12.2 Å². The van der Waals surface area contributed by atoms with Gasteiger partial charge >= 0.3 is 5.97 Å². The molecule has 0 spiro atoms. The molecule has 1 unspecified atom stereocenters. The van der Waals surface area contributed by atoms with E-state index < -0.39 is 11.2 Å². The van der Waals surface area contributed by atoms with Crippen LogP contribution in [0.15, 0.2) is 24.3 Å². The predicted octanol–water partition coefficient (Wildman–Crippen LogP) is 1.36. The molecule has 1 atom stereocenters. The van der Waals surface area contributed by atoms with Crippen LogP contribution >= 0.6 is 11.8 Å². The van der Waals surface area contributed by atoms with Crippen molar-refractivity contribution in [3.8, 4) is 0 Å². The molecule has 1 aromatic carbocycles. The topological polar surface area (TPSA) is 57.6 Å². The number of amides is 1. The molecule has 1 amide bonds. The van der Waals surface area contributed by atoms with Crippen molar-refractivity contribution in [1.29, 1.82) is 0 Å². The van der Waals surface area contributed by atoms with Gasteiger partial charge in [0.15, 0.2) is 0 Å². The lowest BCUT2D eigenvalue weighted by Gasteiger charge is -2.30. The molecule has 0 radical (unpaired) electrons. The van der Waals surface area contributed by atoms with Gasteiger partial charge in [0.25, 0.3) is 0 Å². The van der Waals surface area contributed by atoms with Crippen molar-refractivity contribution in [2.45, 2.75) is 5.25 Å². The van der Waals surface area contributed by atoms with Crippen molar-refractivity contribution in [1.82, 2.24) is 0 Å². The number of carboxylic acid groups (broad SMARTS) is 1. The Morgan fingerprint density at radius 3 is 2.65 bits per heavy atom. The fraction of sp³-hybridized carbons (Fsp3) is 0.273. The zero-order valence-corrected chi connectivity index (χ0v) is 9.61. The SMILES string of the molecule is O=C(O)C1CN(c2ccc(F)cc2)C(=O)CS1. The quantitative estimate of drug-likeness (QED) is 0.867. The molecule has 17 heavy (non-hydrogen) atoms. The Balaban J connectivity index is 2.20. The molecule has 1 N–H and O–H groups in total. The molecule has 1 heterocycles. The highest BCUT2D eigenvalue weighted by molar-refractivity contribution is 8.01. The lowest BCUT2D eigenvalue weighted by molar-refractivity contribution is -0.136. The van der Waals surface area contributed by atoms with Crippen LogP contribution in [-0.2, 0) is 9.59 Å². The van der Waals surface area contributed by atoms with Crippen LogP contribution in [0.4, 0.5) is 10.1 Å². The summed E-state index contributed by atoms with van der Waals surface area (Å²) in [5.74, 6) is -1.34. The zero-order chi connectivity index (χ0) is 12.4. The van der Waals surface area contributed by atoms with Crippen molar-refractivity contribution in [3.05, 3.63) is 30.1 Å². The Kier molecular flexibility index (Phi) is 3.33. The second kappa shape index (κ2) is 4.75. The maximum absolute atomic E-state index is 12.8. The minimum atomic E-state index is -0.936. The van der Waals surface area contributed by atoms with E-state index in [1.807, 2.05) is 0 Å². The van der Waals surface area contributed by atoms with E-state index in [-0.39, 0.29) is 24.0 Å². The number of halogens is 1. The number of hydrogen-bond acceptors (Lipinski definition) is 3. The van der Waals surface area contributed by atoms with Crippen LogP contribution in [0, 0.1) is 5.82 Å². The van der Waals surface area contributed by atoms with Gasteiger partial charge in [0.05, 0.1) is 5.75 Å². The fourth-order valence-electron chi connectivity index (χ4n) is 1.59. The smallest absolute Gasteiger partial charge is 0.318 e. The minimum Gasteiger partial charge on any atom is -0.480 e. The van der Waals surface area contributed by atoms with E-state index >= 15 is 0 Å². The number of carbonyl (C=O) groups is 2. The number of rotatable bonds is 2. The second-order valence-electron chi connectivity index (χ2n) is 3.62. The summed E-state index contributed by atoms with van der Waals surface area (Å²) in [7, 11) is 0. The van der Waals surface area contributed by atoms with Gasteiger partial charge in [0.1, 0.15) is 11.1 Å². The number of benzene rings is 1. The van der Waals surface area contributed by atoms with E-state index in [1.165, 1.54) is 29.2 Å². The van der Waals surface area contributed by atoms with Gasteiger partial charge in [-0.15, -0.1) is 11.8 Å². The van der Waals surface area contributed by atoms with Crippen molar-refractivity contribution in [3.63, 3.8) is 0 Å². The lowest BCUT2D eigenvalue weighted by Crippen LogP contribution is -2.45. The average Bonchev–Trinajstić information content (AvgIpc) is 2.31. The third kappa shape index (κ3) is 2.58. The normalized spacial score (nSPS) is 20.4. The highest BCUT2D eigenvalue weighted by atomic mass is 32.2. The molecule has 1 aromatic rings. The van der Waals surface area contributed by atoms with E-state index in [0.29, 0.717) is 5.69 Å². The van der Waals surface area contributed by atoms with Gasteiger partial charge in [-0.25, -0.2) is 4.39 Å². The van der Waals surface area contributed by atoms with Gasteiger partial charge in [-0.2, -0.15) is 0 Å². The summed E-state index contributed by atoms with van der Waals surface area (Å²) >= 11 is 1.12. The minimum absolute atomic E-state index is 0.116. The van der Waals surface area contributed by atoms with Crippen LogP contribution in [0.25, 0.3) is 0 Å². The van der Waals surface area contributed by atoms with Gasteiger partial charge in [-0.05, 0) is 24.3 Å². The highest BCUT2D eigenvalue weighted by Crippen LogP contribution is 2.25. The summed E-state index contributed by atoms with van der Waals surface area (Å²) < 4.78 is 12.8. The molecule has 4 nitrogen and oxygen atoms in total. The molecule has 1 aliphatic heterocycles. The van der Waals surface area contributed by atoms with E-state index in [1.54, 1.807) is 0 Å². The molecule has 1 aliphatic rings. The molecule has 2 rings (SSSR count). The van der Waals surface area contributed by atoms with E-state index in [2.05, 4.69) is 0 Å². The maximum atomic E-state index is 12.8. The molecular weight excluding hydrogens is 245 g/mol. The molecule has 6 heteroatoms. The van der Waals surface area contributed by atoms with Crippen LogP contribution in [-0.4, -0.2) is 34.5 Å². The first-order valence-corrected chi connectivity index (χ1v) is 6.03. The Bertz CT molecular complexity index is 449. The maximum Gasteiger partial charge on any atom is 0.318 e. The largest absolute Gasteiger partial charge is 0.480 e. The summed E-state index contributed by atoms with van der Waals surface area (Å²) in [6.07, 6.45) is 0. The van der Waals surface area contributed by atoms with E-state index in [4.69, 9.17) is 5.11 Å². The zero-order valence-electron chi connectivity index (χ0n) is 8.80. The number of hydrogen-bond donors (Lipinski definition) is 1. The highest BCUT2D eigenvalue weighted by Gasteiger charge is 2.31. The number of carbonyl (C=O) groups excluding carboxylic acids is 1. The summed E-state index contributed by atoms with van der Waals surface area (Å²) in [6, 6.07) is 5.45. The first-order valence-electron chi connectivity index (χ1n) is 4.98. The second-order valence-corrected chi connectivity index (χ2v) is 4.81. The third-order valence-corrected chi connectivity index (χ3v) is 3.64. The van der Waals surface area contributed by atoms with Crippen LogP contribution in [0.2, 0.25) is 0 Å². The van der Waals surface area contributed by atoms with E-state index in [0.717, 1.165) is 11.8 Å². The van der Waals surface area contributed by atoms with E-state index in [9.17, 15) is 14.0 Å². The van der Waals surface area contributed by atoms with Crippen LogP contribution in [0.1, 0.15) is 0 Å². The summed E-state index contributed by atoms with van der Waals surface area (Å²) in [5, 5.41) is 8.29. The van der Waals surface area contributed by atoms with Crippen LogP contribution in [0.5, 0.6) is 0 Å². The van der Waals surface area contributed by atoms with Gasteiger partial charge in [-0.3, -0.25) is 9.59 Å². The monoisotopic (exact) mass is 255 g/mol. The van der Waals surface area contributed by atoms with Crippen molar-refractivity contribution < 1.29 is 19.1 Å². The summed E-state index contributed by atoms with van der Waals surface area (Å²) in [6.45, 7) is 0.116. The van der Waals surface area contributed by atoms with Crippen LogP contribution < -0.4 is 4.90 Å². The third-order valence-electron chi connectivity index (χ3n) is 2.47. The number of carboxylic acids is 1. The molecule has 90 valence electrons. The first kappa shape index (κ1) is 11.9. The van der Waals surface area contributed by atoms with Crippen molar-refractivity contribution >= 4 is 29.3 Å². The molecule has 1 saturated heterocycles. The first-order chi connectivity index (χ1) is 8.08. The Morgan fingerprint density at radius 1 is 1.41 bits per heavy atom. The molecule has 0 aromatic heterocycles. The van der Waals surface area contributed by atoms with Gasteiger partial charge < -0.3 is 10.0 Å². The molecule has 0 bridgehead atoms. The molecule has 0 saturated carbocycles. The Morgan fingerprint density at radius 2 is 2.06 bits per heavy atom. The molecule has 0 aliphatic carbocycles.